The third kappa shape index (κ3) is 5.22. The summed E-state index contributed by atoms with van der Waals surface area (Å²) >= 11 is 1.80. The van der Waals surface area contributed by atoms with E-state index in [2.05, 4.69) is 12.2 Å². The number of rotatable bonds is 4. The summed E-state index contributed by atoms with van der Waals surface area (Å²) in [7, 11) is 0. The molecule has 1 fully saturated rings. The largest absolute Gasteiger partial charge is 0.478 e. The number of carbonyl (C=O) groups is 3. The summed E-state index contributed by atoms with van der Waals surface area (Å²) in [5.74, 6) is -0.903. The van der Waals surface area contributed by atoms with E-state index in [1.54, 1.807) is 11.8 Å². The van der Waals surface area contributed by atoms with E-state index in [0.717, 1.165) is 24.7 Å². The minimum Gasteiger partial charge on any atom is -0.478 e. The molecule has 3 N–H and O–H groups in total. The van der Waals surface area contributed by atoms with Crippen LogP contribution in [0, 0.1) is 0 Å². The number of carbonyl (C=O) groups excluding carboxylic acids is 2. The van der Waals surface area contributed by atoms with Crippen molar-refractivity contribution < 1.29 is 19.5 Å². The van der Waals surface area contributed by atoms with Crippen LogP contribution in [0.2, 0.25) is 0 Å². The fraction of sp³-hybridized carbons (Fsp3) is 0.545. The summed E-state index contributed by atoms with van der Waals surface area (Å²) in [6.45, 7) is 2.55. The van der Waals surface area contributed by atoms with Crippen molar-refractivity contribution in [2.45, 2.75) is 24.5 Å². The number of imide groups is 1. The van der Waals surface area contributed by atoms with Crippen LogP contribution in [-0.4, -0.2) is 40.1 Å². The van der Waals surface area contributed by atoms with Crippen LogP contribution in [0.1, 0.15) is 19.8 Å². The van der Waals surface area contributed by atoms with E-state index in [0.29, 0.717) is 12.6 Å². The lowest BCUT2D eigenvalue weighted by atomic mass is 10.1. The third-order valence-electron chi connectivity index (χ3n) is 2.54. The van der Waals surface area contributed by atoms with E-state index in [4.69, 9.17) is 5.11 Å². The summed E-state index contributed by atoms with van der Waals surface area (Å²) in [5, 5.41) is 12.9. The molecule has 3 amide bonds. The van der Waals surface area contributed by atoms with Crippen molar-refractivity contribution in [3.05, 3.63) is 12.2 Å². The summed E-state index contributed by atoms with van der Waals surface area (Å²) < 4.78 is 0.0251. The first-order valence-electron chi connectivity index (χ1n) is 5.55. The predicted octanol–water partition coefficient (Wildman–Crippen LogP) is 0.739. The smallest absolute Gasteiger partial charge is 0.328 e. The molecular formula is C11H16N2O4S. The number of carboxylic acids is 1. The maximum Gasteiger partial charge on any atom is 0.328 e. The highest BCUT2D eigenvalue weighted by molar-refractivity contribution is 8.00. The maximum atomic E-state index is 11.4. The monoisotopic (exact) mass is 272 g/mol. The first kappa shape index (κ1) is 14.6. The third-order valence-corrected chi connectivity index (χ3v) is 4.08. The van der Waals surface area contributed by atoms with Gasteiger partial charge in [0, 0.05) is 23.4 Å². The quantitative estimate of drug-likeness (QED) is 0.656. The average Bonchev–Trinajstić information content (AvgIpc) is 2.72. The lowest BCUT2D eigenvalue weighted by Gasteiger charge is -2.22. The van der Waals surface area contributed by atoms with Gasteiger partial charge in [-0.25, -0.2) is 9.59 Å². The number of amides is 3. The van der Waals surface area contributed by atoms with E-state index >= 15 is 0 Å². The fourth-order valence-electron chi connectivity index (χ4n) is 1.59. The normalized spacial score (nSPS) is 22.9. The van der Waals surface area contributed by atoms with Gasteiger partial charge < -0.3 is 10.4 Å². The molecule has 0 aliphatic carbocycles. The minimum absolute atomic E-state index is 0.0251. The summed E-state index contributed by atoms with van der Waals surface area (Å²) in [4.78, 5) is 32.6. The zero-order chi connectivity index (χ0) is 13.6. The molecule has 100 valence electrons. The Morgan fingerprint density at radius 1 is 1.39 bits per heavy atom. The van der Waals surface area contributed by atoms with Gasteiger partial charge in [0.25, 0.3) is 5.91 Å². The molecule has 1 aliphatic rings. The van der Waals surface area contributed by atoms with E-state index in [1.807, 2.05) is 5.32 Å². The Morgan fingerprint density at radius 2 is 2.11 bits per heavy atom. The molecule has 0 spiro atoms. The van der Waals surface area contributed by atoms with Gasteiger partial charge in [0.05, 0.1) is 0 Å². The van der Waals surface area contributed by atoms with Gasteiger partial charge in [0.2, 0.25) is 0 Å². The van der Waals surface area contributed by atoms with Crippen molar-refractivity contribution >= 4 is 29.7 Å². The van der Waals surface area contributed by atoms with E-state index < -0.39 is 17.9 Å². The van der Waals surface area contributed by atoms with Gasteiger partial charge in [0.1, 0.15) is 0 Å². The van der Waals surface area contributed by atoms with Crippen molar-refractivity contribution in [3.8, 4) is 0 Å². The molecule has 0 radical (unpaired) electrons. The van der Waals surface area contributed by atoms with Crippen LogP contribution in [0.5, 0.6) is 0 Å². The Labute approximate surface area is 109 Å². The predicted molar refractivity (Wildman–Crippen MR) is 68.4 cm³/mol. The van der Waals surface area contributed by atoms with Gasteiger partial charge in [-0.2, -0.15) is 11.8 Å². The number of aliphatic carboxylic acids is 1. The van der Waals surface area contributed by atoms with E-state index in [9.17, 15) is 14.4 Å². The number of hydrogen-bond acceptors (Lipinski definition) is 4. The SMILES string of the molecule is CC1(CNC(=O)NC(=O)/C=C/C(=O)O)CCCS1. The second-order valence-corrected chi connectivity index (χ2v) is 5.93. The molecule has 7 heteroatoms. The zero-order valence-corrected chi connectivity index (χ0v) is 10.9. The molecule has 6 nitrogen and oxygen atoms in total. The van der Waals surface area contributed by atoms with Crippen LogP contribution in [0.3, 0.4) is 0 Å². The molecular weight excluding hydrogens is 256 g/mol. The molecule has 1 atom stereocenters. The maximum absolute atomic E-state index is 11.4. The van der Waals surface area contributed by atoms with Crippen molar-refractivity contribution in [3.63, 3.8) is 0 Å². The van der Waals surface area contributed by atoms with Crippen molar-refractivity contribution in [1.29, 1.82) is 0 Å². The first-order chi connectivity index (χ1) is 8.41. The van der Waals surface area contributed by atoms with Crippen LogP contribution < -0.4 is 10.6 Å². The van der Waals surface area contributed by atoms with Crippen molar-refractivity contribution in [1.82, 2.24) is 10.6 Å². The summed E-state index contributed by atoms with van der Waals surface area (Å²) in [5.41, 5.74) is 0. The highest BCUT2D eigenvalue weighted by Gasteiger charge is 2.29. The molecule has 1 saturated heterocycles. The lowest BCUT2D eigenvalue weighted by molar-refractivity contribution is -0.131. The standard InChI is InChI=1S/C11H16N2O4S/c1-11(5-2-6-18-11)7-12-10(17)13-8(14)3-4-9(15)16/h3-4H,2,5-7H2,1H3,(H,15,16)(H2,12,13,14,17)/b4-3+. The number of urea groups is 1. The fourth-order valence-corrected chi connectivity index (χ4v) is 2.83. The van der Waals surface area contributed by atoms with Crippen molar-refractivity contribution in [2.75, 3.05) is 12.3 Å². The molecule has 1 rings (SSSR count). The highest BCUT2D eigenvalue weighted by atomic mass is 32.2. The Morgan fingerprint density at radius 3 is 2.67 bits per heavy atom. The number of nitrogens with one attached hydrogen (secondary N) is 2. The van der Waals surface area contributed by atoms with Gasteiger partial charge in [-0.3, -0.25) is 10.1 Å². The molecule has 1 heterocycles. The molecule has 18 heavy (non-hydrogen) atoms. The van der Waals surface area contributed by atoms with Gasteiger partial charge in [-0.05, 0) is 25.5 Å². The van der Waals surface area contributed by atoms with Crippen LogP contribution in [0.4, 0.5) is 4.79 Å². The van der Waals surface area contributed by atoms with Crippen LogP contribution >= 0.6 is 11.8 Å². The van der Waals surface area contributed by atoms with E-state index in [-0.39, 0.29) is 4.75 Å². The van der Waals surface area contributed by atoms with Crippen LogP contribution in [0.15, 0.2) is 12.2 Å². The molecule has 0 bridgehead atoms. The van der Waals surface area contributed by atoms with Crippen LogP contribution in [-0.2, 0) is 9.59 Å². The van der Waals surface area contributed by atoms with Gasteiger partial charge >= 0.3 is 12.0 Å². The molecule has 1 aliphatic heterocycles. The molecule has 0 aromatic carbocycles. The summed E-state index contributed by atoms with van der Waals surface area (Å²) in [6.07, 6.45) is 3.64. The number of thioether (sulfide) groups is 1. The second-order valence-electron chi connectivity index (χ2n) is 4.25. The summed E-state index contributed by atoms with van der Waals surface area (Å²) in [6, 6.07) is -0.608. The topological polar surface area (TPSA) is 95.5 Å². The second kappa shape index (κ2) is 6.44. The van der Waals surface area contributed by atoms with Gasteiger partial charge in [0.15, 0.2) is 0 Å². The van der Waals surface area contributed by atoms with Gasteiger partial charge in [-0.15, -0.1) is 0 Å². The molecule has 1 unspecified atom stereocenters. The number of hydrogen-bond donors (Lipinski definition) is 3. The first-order valence-corrected chi connectivity index (χ1v) is 6.54. The molecule has 0 aromatic rings. The van der Waals surface area contributed by atoms with E-state index in [1.165, 1.54) is 0 Å². The molecule has 0 aromatic heterocycles. The Balaban J connectivity index is 2.29. The van der Waals surface area contributed by atoms with Crippen LogP contribution in [0.25, 0.3) is 0 Å². The minimum atomic E-state index is -1.24. The van der Waals surface area contributed by atoms with Crippen molar-refractivity contribution in [2.24, 2.45) is 0 Å². The van der Waals surface area contributed by atoms with Gasteiger partial charge in [-0.1, -0.05) is 0 Å². The average molecular weight is 272 g/mol. The Bertz CT molecular complexity index is 375. The highest BCUT2D eigenvalue weighted by Crippen LogP contribution is 2.36. The zero-order valence-electron chi connectivity index (χ0n) is 10.1. The molecule has 0 saturated carbocycles. The lowest BCUT2D eigenvalue weighted by Crippen LogP contribution is -2.44. The number of carboxylic acid groups (broad SMARTS) is 1. The Kier molecular flexibility index (Phi) is 5.21. The Hall–Kier alpha value is -1.50.